The highest BCUT2D eigenvalue weighted by Crippen LogP contribution is 2.32. The van der Waals surface area contributed by atoms with E-state index < -0.39 is 23.3 Å². The number of hydrogen-bond acceptors (Lipinski definition) is 2. The van der Waals surface area contributed by atoms with Crippen LogP contribution < -0.4 is 0 Å². The van der Waals surface area contributed by atoms with Crippen LogP contribution >= 0.6 is 0 Å². The predicted octanol–water partition coefficient (Wildman–Crippen LogP) is 2.61. The standard InChI is InChI=1S/C9H7F3O2/c1-5(13)7-4-6(9(10,11)12)2-3-8(7)14/h2-4,14H,1H3. The van der Waals surface area contributed by atoms with Gasteiger partial charge in [0, 0.05) is 0 Å². The number of phenols is 1. The van der Waals surface area contributed by atoms with Crippen LogP contribution in [0.5, 0.6) is 5.75 Å². The lowest BCUT2D eigenvalue weighted by atomic mass is 10.1. The van der Waals surface area contributed by atoms with E-state index in [0.717, 1.165) is 19.1 Å². The van der Waals surface area contributed by atoms with Crippen LogP contribution in [-0.2, 0) is 6.18 Å². The minimum atomic E-state index is -4.50. The third-order valence-corrected chi connectivity index (χ3v) is 1.70. The number of aromatic hydroxyl groups is 1. The van der Waals surface area contributed by atoms with Gasteiger partial charge in [-0.3, -0.25) is 4.79 Å². The molecule has 1 aromatic rings. The van der Waals surface area contributed by atoms with Gasteiger partial charge >= 0.3 is 6.18 Å². The Morgan fingerprint density at radius 3 is 2.36 bits per heavy atom. The molecule has 0 atom stereocenters. The van der Waals surface area contributed by atoms with Crippen LogP contribution in [0.3, 0.4) is 0 Å². The van der Waals surface area contributed by atoms with Crippen LogP contribution in [0.25, 0.3) is 0 Å². The van der Waals surface area contributed by atoms with Gasteiger partial charge in [0.1, 0.15) is 5.75 Å². The zero-order valence-electron chi connectivity index (χ0n) is 7.22. The Hall–Kier alpha value is -1.52. The summed E-state index contributed by atoms with van der Waals surface area (Å²) in [6.45, 7) is 1.09. The first kappa shape index (κ1) is 10.6. The second-order valence-electron chi connectivity index (χ2n) is 2.79. The van der Waals surface area contributed by atoms with E-state index in [1.54, 1.807) is 0 Å². The molecule has 5 heteroatoms. The maximum absolute atomic E-state index is 12.2. The maximum Gasteiger partial charge on any atom is 0.416 e. The Labute approximate surface area is 78.0 Å². The van der Waals surface area contributed by atoms with E-state index in [0.29, 0.717) is 6.07 Å². The zero-order chi connectivity index (χ0) is 10.9. The lowest BCUT2D eigenvalue weighted by Crippen LogP contribution is -2.06. The van der Waals surface area contributed by atoms with E-state index in [2.05, 4.69) is 0 Å². The second-order valence-corrected chi connectivity index (χ2v) is 2.79. The zero-order valence-corrected chi connectivity index (χ0v) is 7.22. The van der Waals surface area contributed by atoms with Gasteiger partial charge in [-0.05, 0) is 25.1 Å². The largest absolute Gasteiger partial charge is 0.507 e. The van der Waals surface area contributed by atoms with E-state index >= 15 is 0 Å². The second kappa shape index (κ2) is 3.32. The van der Waals surface area contributed by atoms with Gasteiger partial charge in [0.15, 0.2) is 5.78 Å². The lowest BCUT2D eigenvalue weighted by Gasteiger charge is -2.08. The first-order valence-electron chi connectivity index (χ1n) is 3.73. The normalized spacial score (nSPS) is 11.4. The van der Waals surface area contributed by atoms with E-state index in [1.165, 1.54) is 0 Å². The molecule has 0 aromatic heterocycles. The van der Waals surface area contributed by atoms with Gasteiger partial charge in [-0.15, -0.1) is 0 Å². The molecule has 0 bridgehead atoms. The van der Waals surface area contributed by atoms with E-state index in [-0.39, 0.29) is 5.56 Å². The topological polar surface area (TPSA) is 37.3 Å². The summed E-state index contributed by atoms with van der Waals surface area (Å²) in [6, 6.07) is 2.22. The Kier molecular flexibility index (Phi) is 2.51. The van der Waals surface area contributed by atoms with Crippen LogP contribution in [0.15, 0.2) is 18.2 Å². The summed E-state index contributed by atoms with van der Waals surface area (Å²) in [7, 11) is 0. The quantitative estimate of drug-likeness (QED) is 0.714. The number of halogens is 3. The van der Waals surface area contributed by atoms with E-state index in [9.17, 15) is 18.0 Å². The number of ketones is 1. The summed E-state index contributed by atoms with van der Waals surface area (Å²) in [5.74, 6) is -1.04. The molecule has 2 nitrogen and oxygen atoms in total. The molecule has 0 saturated heterocycles. The molecule has 1 N–H and O–H groups in total. The van der Waals surface area contributed by atoms with Gasteiger partial charge < -0.3 is 5.11 Å². The van der Waals surface area contributed by atoms with Crippen molar-refractivity contribution in [2.75, 3.05) is 0 Å². The number of carbonyl (C=O) groups excluding carboxylic acids is 1. The van der Waals surface area contributed by atoms with E-state index in [1.807, 2.05) is 0 Å². The van der Waals surface area contributed by atoms with Crippen LogP contribution in [0, 0.1) is 0 Å². The van der Waals surface area contributed by atoms with Crippen molar-refractivity contribution in [1.82, 2.24) is 0 Å². The molecule has 1 aromatic carbocycles. The smallest absolute Gasteiger partial charge is 0.416 e. The molecule has 0 saturated carbocycles. The van der Waals surface area contributed by atoms with E-state index in [4.69, 9.17) is 5.11 Å². The summed E-state index contributed by atoms with van der Waals surface area (Å²) in [6.07, 6.45) is -4.50. The van der Waals surface area contributed by atoms with Crippen molar-refractivity contribution in [2.45, 2.75) is 13.1 Å². The molecule has 0 radical (unpaired) electrons. The molecule has 76 valence electrons. The number of Topliss-reactive ketones (excluding diaryl/α,β-unsaturated/α-hetero) is 1. The SMILES string of the molecule is CC(=O)c1cc(C(F)(F)F)ccc1O. The minimum Gasteiger partial charge on any atom is -0.507 e. The molecule has 0 fully saturated rings. The third-order valence-electron chi connectivity index (χ3n) is 1.70. The van der Waals surface area contributed by atoms with Gasteiger partial charge in [0.2, 0.25) is 0 Å². The Morgan fingerprint density at radius 2 is 1.93 bits per heavy atom. The summed E-state index contributed by atoms with van der Waals surface area (Å²) >= 11 is 0. The first-order valence-corrected chi connectivity index (χ1v) is 3.73. The van der Waals surface area contributed by atoms with Gasteiger partial charge in [-0.1, -0.05) is 0 Å². The van der Waals surface area contributed by atoms with Crippen LogP contribution in [0.4, 0.5) is 13.2 Å². The molecule has 0 heterocycles. The number of rotatable bonds is 1. The molecule has 1 rings (SSSR count). The summed E-state index contributed by atoms with van der Waals surface area (Å²) in [5.41, 5.74) is -1.26. The lowest BCUT2D eigenvalue weighted by molar-refractivity contribution is -0.137. The fourth-order valence-electron chi connectivity index (χ4n) is 0.994. The van der Waals surface area contributed by atoms with Crippen LogP contribution in [0.1, 0.15) is 22.8 Å². The molecule has 0 aliphatic rings. The Balaban J connectivity index is 3.27. The van der Waals surface area contributed by atoms with Gasteiger partial charge in [-0.25, -0.2) is 0 Å². The molecular formula is C9H7F3O2. The Bertz CT molecular complexity index is 369. The van der Waals surface area contributed by atoms with Crippen molar-refractivity contribution in [3.8, 4) is 5.75 Å². The van der Waals surface area contributed by atoms with Crippen LogP contribution in [0.2, 0.25) is 0 Å². The number of hydrogen-bond donors (Lipinski definition) is 1. The first-order chi connectivity index (χ1) is 6.32. The van der Waals surface area contributed by atoms with Gasteiger partial charge in [-0.2, -0.15) is 13.2 Å². The van der Waals surface area contributed by atoms with Gasteiger partial charge in [0.05, 0.1) is 11.1 Å². The number of phenolic OH excluding ortho intramolecular Hbond substituents is 1. The van der Waals surface area contributed by atoms with Crippen molar-refractivity contribution < 1.29 is 23.1 Å². The number of carbonyl (C=O) groups is 1. The van der Waals surface area contributed by atoms with Crippen molar-refractivity contribution in [3.63, 3.8) is 0 Å². The predicted molar refractivity (Wildman–Crippen MR) is 43.1 cm³/mol. The van der Waals surface area contributed by atoms with Crippen LogP contribution in [-0.4, -0.2) is 10.9 Å². The molecule has 0 spiro atoms. The molecule has 0 amide bonds. The van der Waals surface area contributed by atoms with Crippen molar-refractivity contribution in [3.05, 3.63) is 29.3 Å². The highest BCUT2D eigenvalue weighted by atomic mass is 19.4. The maximum atomic E-state index is 12.2. The highest BCUT2D eigenvalue weighted by molar-refractivity contribution is 5.96. The highest BCUT2D eigenvalue weighted by Gasteiger charge is 2.31. The fraction of sp³-hybridized carbons (Fsp3) is 0.222. The number of alkyl halides is 3. The molecule has 0 aliphatic heterocycles. The summed E-state index contributed by atoms with van der Waals surface area (Å²) in [5, 5.41) is 9.08. The summed E-state index contributed by atoms with van der Waals surface area (Å²) in [4.78, 5) is 10.8. The fourth-order valence-corrected chi connectivity index (χ4v) is 0.994. The Morgan fingerprint density at radius 1 is 1.36 bits per heavy atom. The monoisotopic (exact) mass is 204 g/mol. The van der Waals surface area contributed by atoms with Gasteiger partial charge in [0.25, 0.3) is 0 Å². The molecule has 0 aliphatic carbocycles. The van der Waals surface area contributed by atoms with Crippen molar-refractivity contribution in [1.29, 1.82) is 0 Å². The average Bonchev–Trinajstić information content (AvgIpc) is 2.02. The minimum absolute atomic E-state index is 0.320. The average molecular weight is 204 g/mol. The van der Waals surface area contributed by atoms with Crippen molar-refractivity contribution >= 4 is 5.78 Å². The number of benzene rings is 1. The molecular weight excluding hydrogens is 197 g/mol. The third kappa shape index (κ3) is 2.04. The summed E-state index contributed by atoms with van der Waals surface area (Å²) < 4.78 is 36.5. The molecule has 14 heavy (non-hydrogen) atoms. The molecule has 0 unspecified atom stereocenters. The van der Waals surface area contributed by atoms with Crippen molar-refractivity contribution in [2.24, 2.45) is 0 Å².